The minimum Gasteiger partial charge on any atom is -0.478 e. The average molecular weight is 340 g/mol. The number of aliphatic hydroxyl groups excluding tert-OH is 2. The number of hydrogen-bond acceptors (Lipinski definition) is 6. The zero-order valence-electron chi connectivity index (χ0n) is 13.0. The summed E-state index contributed by atoms with van der Waals surface area (Å²) in [4.78, 5) is 23.3. The van der Waals surface area contributed by atoms with E-state index in [0.29, 0.717) is 5.56 Å². The Kier molecular flexibility index (Phi) is 5.99. The molecule has 0 heterocycles. The Hall–Kier alpha value is -2.32. The molecule has 0 aromatic heterocycles. The summed E-state index contributed by atoms with van der Waals surface area (Å²) in [5.41, 5.74) is -0.184. The van der Waals surface area contributed by atoms with Crippen LogP contribution in [0.5, 0.6) is 11.5 Å². The highest BCUT2D eigenvalue weighted by molar-refractivity contribution is 5.99. The smallest absolute Gasteiger partial charge is 0.339 e. The molecular weight excluding hydrogens is 320 g/mol. The van der Waals surface area contributed by atoms with Gasteiger partial charge in [-0.05, 0) is 30.4 Å². The first-order chi connectivity index (χ1) is 11.5. The fraction of sp³-hybridized carbons (Fsp3) is 0.500. The first-order valence-electron chi connectivity index (χ1n) is 7.66. The molecule has 0 aliphatic heterocycles. The van der Waals surface area contributed by atoms with Crippen LogP contribution in [-0.4, -0.2) is 46.0 Å². The number of carbonyl (C=O) groups is 2. The maximum Gasteiger partial charge on any atom is 0.339 e. The van der Waals surface area contributed by atoms with Gasteiger partial charge in [0.25, 0.3) is 0 Å². The number of aliphatic hydroxyl groups is 2. The maximum absolute atomic E-state index is 11.8. The Balaban J connectivity index is 2.72. The van der Waals surface area contributed by atoms with Gasteiger partial charge in [-0.15, -0.1) is 0 Å². The molecule has 1 aromatic rings. The molecule has 0 spiro atoms. The van der Waals surface area contributed by atoms with Gasteiger partial charge in [0, 0.05) is 0 Å². The third kappa shape index (κ3) is 3.60. The number of ether oxygens (including phenoxy) is 2. The highest BCUT2D eigenvalue weighted by Gasteiger charge is 2.31. The molecule has 1 aliphatic carbocycles. The molecule has 0 saturated heterocycles. The summed E-state index contributed by atoms with van der Waals surface area (Å²) >= 11 is 0. The molecule has 1 aromatic carbocycles. The summed E-state index contributed by atoms with van der Waals surface area (Å²) in [6.07, 6.45) is 4.40. The molecule has 0 unspecified atom stereocenters. The molecule has 1 fully saturated rings. The van der Waals surface area contributed by atoms with Crippen molar-refractivity contribution in [3.05, 3.63) is 22.8 Å². The van der Waals surface area contributed by atoms with Gasteiger partial charge in [-0.2, -0.15) is 0 Å². The normalized spacial score (nSPS) is 15.1. The fourth-order valence-corrected chi connectivity index (χ4v) is 3.19. The molecule has 0 bridgehead atoms. The van der Waals surface area contributed by atoms with Crippen LogP contribution < -0.4 is 9.47 Å². The molecule has 8 nitrogen and oxygen atoms in total. The lowest BCUT2D eigenvalue weighted by Crippen LogP contribution is -2.17. The molecule has 1 aliphatic rings. The molecule has 132 valence electrons. The Morgan fingerprint density at radius 3 is 2.04 bits per heavy atom. The van der Waals surface area contributed by atoms with Crippen LogP contribution in [0.25, 0.3) is 0 Å². The minimum atomic E-state index is -1.34. The molecule has 0 atom stereocenters. The van der Waals surface area contributed by atoms with Crippen LogP contribution in [0.3, 0.4) is 0 Å². The Bertz CT molecular complexity index is 619. The van der Waals surface area contributed by atoms with Gasteiger partial charge >= 0.3 is 11.9 Å². The van der Waals surface area contributed by atoms with E-state index in [-0.39, 0.29) is 22.8 Å². The van der Waals surface area contributed by atoms with E-state index in [1.54, 1.807) is 0 Å². The monoisotopic (exact) mass is 340 g/mol. The Morgan fingerprint density at radius 1 is 0.958 bits per heavy atom. The summed E-state index contributed by atoms with van der Waals surface area (Å²) in [6, 6.07) is 1.27. The van der Waals surface area contributed by atoms with Gasteiger partial charge in [0.05, 0.1) is 0 Å². The highest BCUT2D eigenvalue weighted by atomic mass is 16.6. The van der Waals surface area contributed by atoms with Gasteiger partial charge in [0.2, 0.25) is 0 Å². The summed E-state index contributed by atoms with van der Waals surface area (Å²) in [7, 11) is 0. The summed E-state index contributed by atoms with van der Waals surface area (Å²) < 4.78 is 9.87. The lowest BCUT2D eigenvalue weighted by molar-refractivity contribution is 0.0590. The van der Waals surface area contributed by atoms with Crippen molar-refractivity contribution < 1.29 is 39.5 Å². The molecule has 2 rings (SSSR count). The van der Waals surface area contributed by atoms with Crippen molar-refractivity contribution in [2.75, 3.05) is 13.6 Å². The van der Waals surface area contributed by atoms with Crippen molar-refractivity contribution in [1.29, 1.82) is 0 Å². The van der Waals surface area contributed by atoms with Crippen molar-refractivity contribution in [3.8, 4) is 11.5 Å². The maximum atomic E-state index is 11.8. The van der Waals surface area contributed by atoms with E-state index in [1.807, 2.05) is 0 Å². The molecule has 1 saturated carbocycles. The van der Waals surface area contributed by atoms with Crippen molar-refractivity contribution in [2.45, 2.75) is 38.0 Å². The number of benzene rings is 1. The van der Waals surface area contributed by atoms with Gasteiger partial charge in [-0.3, -0.25) is 0 Å². The lowest BCUT2D eigenvalue weighted by atomic mass is 9.81. The predicted molar refractivity (Wildman–Crippen MR) is 81.6 cm³/mol. The highest BCUT2D eigenvalue weighted by Crippen LogP contribution is 2.43. The second-order valence-corrected chi connectivity index (χ2v) is 5.54. The van der Waals surface area contributed by atoms with E-state index >= 15 is 0 Å². The van der Waals surface area contributed by atoms with Crippen LogP contribution in [0.1, 0.15) is 64.3 Å². The van der Waals surface area contributed by atoms with Crippen LogP contribution in [0.15, 0.2) is 6.07 Å². The number of hydrogen-bond donors (Lipinski definition) is 4. The summed E-state index contributed by atoms with van der Waals surface area (Å²) in [6.45, 7) is -1.71. The molecule has 4 N–H and O–H groups in total. The standard InChI is InChI=1S/C16H20O8/c17-7-23-13-11(15(19)20)6-10(9-4-2-1-3-5-9)12(16(21)22)14(13)24-8-18/h6,9,17-18H,1-5,7-8H2,(H,19,20)(H,21,22). The van der Waals surface area contributed by atoms with Gasteiger partial charge in [0.1, 0.15) is 11.1 Å². The molecule has 0 amide bonds. The van der Waals surface area contributed by atoms with Gasteiger partial charge in [-0.1, -0.05) is 19.3 Å². The lowest BCUT2D eigenvalue weighted by Gasteiger charge is -2.26. The third-order valence-corrected chi connectivity index (χ3v) is 4.17. The number of carboxylic acid groups (broad SMARTS) is 2. The van der Waals surface area contributed by atoms with E-state index in [0.717, 1.165) is 32.1 Å². The van der Waals surface area contributed by atoms with Crippen LogP contribution in [-0.2, 0) is 0 Å². The molecule has 8 heteroatoms. The molecule has 0 radical (unpaired) electrons. The van der Waals surface area contributed by atoms with Gasteiger partial charge in [-0.25, -0.2) is 9.59 Å². The van der Waals surface area contributed by atoms with E-state index in [4.69, 9.17) is 19.7 Å². The predicted octanol–water partition coefficient (Wildman–Crippen LogP) is 1.79. The van der Waals surface area contributed by atoms with Crippen LogP contribution in [0.4, 0.5) is 0 Å². The number of rotatable bonds is 7. The van der Waals surface area contributed by atoms with Crippen molar-refractivity contribution in [2.24, 2.45) is 0 Å². The second kappa shape index (κ2) is 7.98. The van der Waals surface area contributed by atoms with E-state index in [2.05, 4.69) is 0 Å². The average Bonchev–Trinajstić information content (AvgIpc) is 2.56. The third-order valence-electron chi connectivity index (χ3n) is 4.17. The largest absolute Gasteiger partial charge is 0.478 e. The Labute approximate surface area is 138 Å². The van der Waals surface area contributed by atoms with E-state index in [9.17, 15) is 19.8 Å². The second-order valence-electron chi connectivity index (χ2n) is 5.54. The van der Waals surface area contributed by atoms with Crippen LogP contribution in [0.2, 0.25) is 0 Å². The van der Waals surface area contributed by atoms with Crippen molar-refractivity contribution in [1.82, 2.24) is 0 Å². The zero-order chi connectivity index (χ0) is 17.7. The van der Waals surface area contributed by atoms with Gasteiger partial charge < -0.3 is 29.9 Å². The molecular formula is C16H20O8. The van der Waals surface area contributed by atoms with E-state index < -0.39 is 31.3 Å². The first-order valence-corrected chi connectivity index (χ1v) is 7.66. The van der Waals surface area contributed by atoms with Gasteiger partial charge in [0.15, 0.2) is 25.1 Å². The van der Waals surface area contributed by atoms with Crippen molar-refractivity contribution in [3.63, 3.8) is 0 Å². The minimum absolute atomic E-state index is 0.104. The van der Waals surface area contributed by atoms with E-state index in [1.165, 1.54) is 6.07 Å². The zero-order valence-corrected chi connectivity index (χ0v) is 13.0. The summed E-state index contributed by atoms with van der Waals surface area (Å²) in [5, 5.41) is 37.1. The molecule has 24 heavy (non-hydrogen) atoms. The number of aromatic carboxylic acids is 2. The topological polar surface area (TPSA) is 134 Å². The van der Waals surface area contributed by atoms with Crippen LogP contribution >= 0.6 is 0 Å². The quantitative estimate of drug-likeness (QED) is 0.552. The first kappa shape index (κ1) is 18.0. The number of carboxylic acids is 2. The SMILES string of the molecule is O=C(O)c1cc(C2CCCCC2)c(C(=O)O)c(OCO)c1OCO. The fourth-order valence-electron chi connectivity index (χ4n) is 3.19. The van der Waals surface area contributed by atoms with Crippen molar-refractivity contribution >= 4 is 11.9 Å². The Morgan fingerprint density at radius 2 is 1.54 bits per heavy atom. The van der Waals surface area contributed by atoms with Crippen LogP contribution in [0, 0.1) is 0 Å². The summed E-state index contributed by atoms with van der Waals surface area (Å²) in [5.74, 6) is -3.53.